The Morgan fingerprint density at radius 3 is 2.56 bits per heavy atom. The number of H-pyrrole nitrogens is 1. The van der Waals surface area contributed by atoms with Gasteiger partial charge in [0, 0.05) is 18.0 Å². The van der Waals surface area contributed by atoms with E-state index in [0.717, 1.165) is 31.6 Å². The van der Waals surface area contributed by atoms with Crippen molar-refractivity contribution < 1.29 is 0 Å². The van der Waals surface area contributed by atoms with Crippen molar-refractivity contribution in [2.24, 2.45) is 0 Å². The molecule has 0 bridgehead atoms. The van der Waals surface area contributed by atoms with Gasteiger partial charge >= 0.3 is 0 Å². The maximum Gasteiger partial charge on any atom is 0.264 e. The van der Waals surface area contributed by atoms with Gasteiger partial charge in [0.2, 0.25) is 0 Å². The second-order valence-electron chi connectivity index (χ2n) is 4.75. The van der Waals surface area contributed by atoms with E-state index in [-0.39, 0.29) is 5.56 Å². The largest absolute Gasteiger partial charge is 0.301 e. The molecule has 1 aromatic heterocycles. The average molecular weight is 221 g/mol. The smallest absolute Gasteiger partial charge is 0.264 e. The quantitative estimate of drug-likeness (QED) is 0.820. The first-order chi connectivity index (χ1) is 7.66. The molecule has 1 saturated heterocycles. The Morgan fingerprint density at radius 2 is 2.06 bits per heavy atom. The van der Waals surface area contributed by atoms with E-state index >= 15 is 0 Å². The summed E-state index contributed by atoms with van der Waals surface area (Å²) in [5.74, 6) is 0.506. The minimum Gasteiger partial charge on any atom is -0.301 e. The summed E-state index contributed by atoms with van der Waals surface area (Å²) in [6.45, 7) is 6.73. The molecule has 0 saturated carbocycles. The van der Waals surface area contributed by atoms with Crippen molar-refractivity contribution in [3.63, 3.8) is 0 Å². The Kier molecular flexibility index (Phi) is 3.39. The third-order valence-corrected chi connectivity index (χ3v) is 3.38. The molecule has 0 aromatic carbocycles. The molecule has 0 atom stereocenters. The van der Waals surface area contributed by atoms with Crippen LogP contribution in [0.25, 0.3) is 0 Å². The summed E-state index contributed by atoms with van der Waals surface area (Å²) in [7, 11) is 0. The molecule has 16 heavy (non-hydrogen) atoms. The fourth-order valence-corrected chi connectivity index (χ4v) is 2.29. The zero-order valence-corrected chi connectivity index (χ0v) is 9.94. The molecule has 1 aliphatic rings. The lowest BCUT2D eigenvalue weighted by Crippen LogP contribution is -2.38. The van der Waals surface area contributed by atoms with Gasteiger partial charge in [-0.15, -0.1) is 0 Å². The lowest BCUT2D eigenvalue weighted by atomic mass is 9.93. The molecular formula is C12H19N3O. The minimum absolute atomic E-state index is 0.122. The highest BCUT2D eigenvalue weighted by molar-refractivity contribution is 5.07. The maximum atomic E-state index is 10.9. The molecule has 0 aliphatic carbocycles. The van der Waals surface area contributed by atoms with Crippen LogP contribution >= 0.6 is 0 Å². The zero-order chi connectivity index (χ0) is 11.5. The van der Waals surface area contributed by atoms with Crippen molar-refractivity contribution in [1.82, 2.24) is 15.1 Å². The van der Waals surface area contributed by atoms with Gasteiger partial charge in [0.05, 0.1) is 5.69 Å². The highest BCUT2D eigenvalue weighted by Crippen LogP contribution is 2.26. The number of hydrogen-bond acceptors (Lipinski definition) is 3. The van der Waals surface area contributed by atoms with Crippen LogP contribution in [0.5, 0.6) is 0 Å². The van der Waals surface area contributed by atoms with Crippen LogP contribution in [-0.2, 0) is 0 Å². The van der Waals surface area contributed by atoms with E-state index in [9.17, 15) is 4.79 Å². The van der Waals surface area contributed by atoms with Crippen molar-refractivity contribution in [3.8, 4) is 0 Å². The first-order valence-electron chi connectivity index (χ1n) is 5.96. The molecular weight excluding hydrogens is 202 g/mol. The number of rotatable bonds is 2. The number of hydrogen-bond donors (Lipinski definition) is 1. The second-order valence-corrected chi connectivity index (χ2v) is 4.75. The van der Waals surface area contributed by atoms with E-state index in [1.54, 1.807) is 6.07 Å². The van der Waals surface area contributed by atoms with Crippen molar-refractivity contribution in [2.45, 2.75) is 38.6 Å². The Morgan fingerprint density at radius 1 is 1.38 bits per heavy atom. The Balaban J connectivity index is 1.99. The van der Waals surface area contributed by atoms with Crippen molar-refractivity contribution >= 4 is 0 Å². The molecule has 1 fully saturated rings. The molecule has 4 heteroatoms. The van der Waals surface area contributed by atoms with Gasteiger partial charge in [-0.3, -0.25) is 4.79 Å². The summed E-state index contributed by atoms with van der Waals surface area (Å²) < 4.78 is 0. The van der Waals surface area contributed by atoms with E-state index in [1.807, 2.05) is 6.07 Å². The van der Waals surface area contributed by atoms with Crippen LogP contribution in [0, 0.1) is 0 Å². The first kappa shape index (κ1) is 11.3. The van der Waals surface area contributed by atoms with Crippen LogP contribution in [0.4, 0.5) is 0 Å². The van der Waals surface area contributed by atoms with Gasteiger partial charge in [-0.1, -0.05) is 0 Å². The Bertz CT molecular complexity index is 371. The lowest BCUT2D eigenvalue weighted by Gasteiger charge is -2.34. The molecule has 1 aliphatic heterocycles. The molecule has 0 unspecified atom stereocenters. The van der Waals surface area contributed by atoms with E-state index in [2.05, 4.69) is 28.9 Å². The number of nitrogens with one attached hydrogen (secondary N) is 1. The second kappa shape index (κ2) is 4.78. The standard InChI is InChI=1S/C12H19N3O/c1-9(2)15-7-5-10(6-8-15)11-3-4-12(16)14-13-11/h3-4,9-10H,5-8H2,1-2H3,(H,14,16). The summed E-state index contributed by atoms with van der Waals surface area (Å²) in [5.41, 5.74) is 0.909. The third-order valence-electron chi connectivity index (χ3n) is 3.38. The summed E-state index contributed by atoms with van der Waals surface area (Å²) in [4.78, 5) is 13.4. The van der Waals surface area contributed by atoms with Gasteiger partial charge in [-0.25, -0.2) is 5.10 Å². The molecule has 0 radical (unpaired) electrons. The number of likely N-dealkylation sites (tertiary alicyclic amines) is 1. The van der Waals surface area contributed by atoms with E-state index in [4.69, 9.17) is 0 Å². The fourth-order valence-electron chi connectivity index (χ4n) is 2.29. The predicted molar refractivity (Wildman–Crippen MR) is 63.5 cm³/mol. The van der Waals surface area contributed by atoms with Crippen LogP contribution in [0.3, 0.4) is 0 Å². The molecule has 2 rings (SSSR count). The number of nitrogens with zero attached hydrogens (tertiary/aromatic N) is 2. The summed E-state index contributed by atoms with van der Waals surface area (Å²) in [5, 5.41) is 6.63. The van der Waals surface area contributed by atoms with Crippen LogP contribution in [-0.4, -0.2) is 34.2 Å². The molecule has 1 N–H and O–H groups in total. The summed E-state index contributed by atoms with van der Waals surface area (Å²) >= 11 is 0. The molecule has 0 spiro atoms. The number of piperidine rings is 1. The number of aromatic amines is 1. The highest BCUT2D eigenvalue weighted by Gasteiger charge is 2.22. The van der Waals surface area contributed by atoms with Gasteiger partial charge in [-0.2, -0.15) is 5.10 Å². The van der Waals surface area contributed by atoms with Crippen LogP contribution < -0.4 is 5.56 Å². The van der Waals surface area contributed by atoms with Crippen molar-refractivity contribution in [1.29, 1.82) is 0 Å². The van der Waals surface area contributed by atoms with Crippen LogP contribution in [0.15, 0.2) is 16.9 Å². The average Bonchev–Trinajstić information content (AvgIpc) is 2.30. The van der Waals surface area contributed by atoms with Gasteiger partial charge in [0.15, 0.2) is 0 Å². The SMILES string of the molecule is CC(C)N1CCC(c2ccc(=O)[nH]n2)CC1. The van der Waals surface area contributed by atoms with E-state index in [0.29, 0.717) is 12.0 Å². The Hall–Kier alpha value is -1.16. The predicted octanol–water partition coefficient (Wildman–Crippen LogP) is 1.36. The third kappa shape index (κ3) is 2.50. The highest BCUT2D eigenvalue weighted by atomic mass is 16.1. The molecule has 1 aromatic rings. The van der Waals surface area contributed by atoms with Gasteiger partial charge < -0.3 is 4.90 Å². The van der Waals surface area contributed by atoms with Gasteiger partial charge in [-0.05, 0) is 45.8 Å². The normalized spacial score (nSPS) is 19.2. The fraction of sp³-hybridized carbons (Fsp3) is 0.667. The van der Waals surface area contributed by atoms with Gasteiger partial charge in [0.1, 0.15) is 0 Å². The van der Waals surface area contributed by atoms with Crippen LogP contribution in [0.1, 0.15) is 38.3 Å². The molecule has 0 amide bonds. The monoisotopic (exact) mass is 221 g/mol. The zero-order valence-electron chi connectivity index (χ0n) is 9.94. The molecule has 4 nitrogen and oxygen atoms in total. The van der Waals surface area contributed by atoms with E-state index < -0.39 is 0 Å². The van der Waals surface area contributed by atoms with Crippen molar-refractivity contribution in [3.05, 3.63) is 28.2 Å². The van der Waals surface area contributed by atoms with Crippen molar-refractivity contribution in [2.75, 3.05) is 13.1 Å². The summed E-state index contributed by atoms with van der Waals surface area (Å²) in [6, 6.07) is 4.05. The summed E-state index contributed by atoms with van der Waals surface area (Å²) in [6.07, 6.45) is 2.27. The Labute approximate surface area is 95.7 Å². The molecule has 88 valence electrons. The van der Waals surface area contributed by atoms with Crippen LogP contribution in [0.2, 0.25) is 0 Å². The minimum atomic E-state index is -0.122. The molecule has 2 heterocycles. The van der Waals surface area contributed by atoms with Gasteiger partial charge in [0.25, 0.3) is 5.56 Å². The number of aromatic nitrogens is 2. The van der Waals surface area contributed by atoms with E-state index in [1.165, 1.54) is 0 Å². The topological polar surface area (TPSA) is 49.0 Å². The lowest BCUT2D eigenvalue weighted by molar-refractivity contribution is 0.170. The maximum absolute atomic E-state index is 10.9. The first-order valence-corrected chi connectivity index (χ1v) is 5.96.